The van der Waals surface area contributed by atoms with Crippen LogP contribution in [0, 0.1) is 5.92 Å². The second kappa shape index (κ2) is 6.03. The molecule has 0 bridgehead atoms. The Morgan fingerprint density at radius 3 is 2.71 bits per heavy atom. The molecule has 0 heterocycles. The molecular formula is C13H18N2O2. The van der Waals surface area contributed by atoms with Crippen LogP contribution in [0.15, 0.2) is 24.3 Å². The Morgan fingerprint density at radius 2 is 2.18 bits per heavy atom. The van der Waals surface area contributed by atoms with Gasteiger partial charge in [-0.25, -0.2) is 4.79 Å². The van der Waals surface area contributed by atoms with Crippen LogP contribution >= 0.6 is 0 Å². The third-order valence-corrected chi connectivity index (χ3v) is 2.39. The molecule has 0 spiro atoms. The smallest absolute Gasteiger partial charge is 0.313 e. The lowest BCUT2D eigenvalue weighted by molar-refractivity contribution is -0.109. The molecule has 0 aliphatic heterocycles. The Hall–Kier alpha value is -1.84. The van der Waals surface area contributed by atoms with Crippen molar-refractivity contribution < 1.29 is 9.59 Å². The maximum absolute atomic E-state index is 10.9. The van der Waals surface area contributed by atoms with Crippen molar-refractivity contribution in [2.24, 2.45) is 11.7 Å². The van der Waals surface area contributed by atoms with Gasteiger partial charge in [0.05, 0.1) is 0 Å². The molecule has 4 heteroatoms. The van der Waals surface area contributed by atoms with Gasteiger partial charge in [0, 0.05) is 0 Å². The van der Waals surface area contributed by atoms with Gasteiger partial charge >= 0.3 is 6.03 Å². The van der Waals surface area contributed by atoms with E-state index in [0.717, 1.165) is 17.5 Å². The lowest BCUT2D eigenvalue weighted by atomic mass is 9.99. The van der Waals surface area contributed by atoms with Crippen LogP contribution in [0.5, 0.6) is 0 Å². The van der Waals surface area contributed by atoms with Crippen molar-refractivity contribution in [3.8, 4) is 0 Å². The van der Waals surface area contributed by atoms with Crippen LogP contribution in [0.3, 0.4) is 0 Å². The van der Waals surface area contributed by atoms with E-state index in [1.165, 1.54) is 0 Å². The van der Waals surface area contributed by atoms with E-state index in [-0.39, 0.29) is 0 Å². The fraction of sp³-hybridized carbons (Fsp3) is 0.385. The van der Waals surface area contributed by atoms with E-state index in [2.05, 4.69) is 19.2 Å². The van der Waals surface area contributed by atoms with Gasteiger partial charge in [-0.15, -0.1) is 0 Å². The number of nitrogens with two attached hydrogens (primary N) is 1. The number of aldehydes is 1. The van der Waals surface area contributed by atoms with Crippen LogP contribution in [0.2, 0.25) is 0 Å². The summed E-state index contributed by atoms with van der Waals surface area (Å²) in [6.45, 7) is 4.26. The topological polar surface area (TPSA) is 72.2 Å². The third-order valence-electron chi connectivity index (χ3n) is 2.39. The predicted octanol–water partition coefficient (Wildman–Crippen LogP) is 1.79. The number of urea groups is 1. The third kappa shape index (κ3) is 4.26. The summed E-state index contributed by atoms with van der Waals surface area (Å²) >= 11 is 0. The van der Waals surface area contributed by atoms with Crippen molar-refractivity contribution in [1.82, 2.24) is 5.32 Å². The summed E-state index contributed by atoms with van der Waals surface area (Å²) in [6, 6.07) is 6.26. The number of hydrogen-bond acceptors (Lipinski definition) is 2. The van der Waals surface area contributed by atoms with Crippen molar-refractivity contribution in [1.29, 1.82) is 0 Å². The van der Waals surface area contributed by atoms with Crippen molar-refractivity contribution in [3.63, 3.8) is 0 Å². The average Bonchev–Trinajstić information content (AvgIpc) is 2.25. The summed E-state index contributed by atoms with van der Waals surface area (Å²) in [5, 5.41) is 2.40. The van der Waals surface area contributed by atoms with Gasteiger partial charge in [-0.3, -0.25) is 0 Å². The predicted molar refractivity (Wildman–Crippen MR) is 66.5 cm³/mol. The molecule has 92 valence electrons. The summed E-state index contributed by atoms with van der Waals surface area (Å²) in [6.07, 6.45) is 1.62. The van der Waals surface area contributed by atoms with Crippen LogP contribution in [0.1, 0.15) is 31.0 Å². The molecule has 0 aliphatic carbocycles. The summed E-state index contributed by atoms with van der Waals surface area (Å²) < 4.78 is 0. The number of amides is 2. The maximum atomic E-state index is 10.9. The SMILES string of the molecule is CC(C)Cc1cccc(C(C=O)NC(N)=O)c1. The van der Waals surface area contributed by atoms with E-state index in [9.17, 15) is 9.59 Å². The Kier molecular flexibility index (Phi) is 4.69. The molecule has 1 rings (SSSR count). The average molecular weight is 234 g/mol. The van der Waals surface area contributed by atoms with Crippen molar-refractivity contribution in [2.45, 2.75) is 26.3 Å². The Balaban J connectivity index is 2.88. The minimum atomic E-state index is -0.698. The second-order valence-corrected chi connectivity index (χ2v) is 4.47. The van der Waals surface area contributed by atoms with Crippen molar-refractivity contribution in [2.75, 3.05) is 0 Å². The number of hydrogen-bond donors (Lipinski definition) is 2. The van der Waals surface area contributed by atoms with Crippen LogP contribution in [-0.2, 0) is 11.2 Å². The van der Waals surface area contributed by atoms with Crippen molar-refractivity contribution >= 4 is 12.3 Å². The minimum absolute atomic E-state index is 0.545. The lowest BCUT2D eigenvalue weighted by Gasteiger charge is -2.13. The van der Waals surface area contributed by atoms with Gasteiger partial charge in [0.1, 0.15) is 12.3 Å². The number of nitrogens with one attached hydrogen (secondary N) is 1. The zero-order valence-electron chi connectivity index (χ0n) is 10.1. The highest BCUT2D eigenvalue weighted by Crippen LogP contribution is 2.15. The maximum Gasteiger partial charge on any atom is 0.313 e. The zero-order chi connectivity index (χ0) is 12.8. The monoisotopic (exact) mass is 234 g/mol. The summed E-state index contributed by atoms with van der Waals surface area (Å²) in [7, 11) is 0. The number of rotatable bonds is 5. The standard InChI is InChI=1S/C13H18N2O2/c1-9(2)6-10-4-3-5-11(7-10)12(8-16)15-13(14)17/h3-5,7-9,12H,6H2,1-2H3,(H3,14,15,17). The molecule has 0 saturated heterocycles. The van der Waals surface area contributed by atoms with E-state index in [0.29, 0.717) is 12.2 Å². The fourth-order valence-electron chi connectivity index (χ4n) is 1.73. The second-order valence-electron chi connectivity index (χ2n) is 4.47. The number of primary amides is 1. The first-order valence-electron chi connectivity index (χ1n) is 5.63. The number of carbonyl (C=O) groups excluding carboxylic acids is 2. The molecule has 0 radical (unpaired) electrons. The highest BCUT2D eigenvalue weighted by molar-refractivity contribution is 5.77. The quantitative estimate of drug-likeness (QED) is 0.762. The Bertz CT molecular complexity index is 402. The van der Waals surface area contributed by atoms with Gasteiger partial charge < -0.3 is 15.8 Å². The van der Waals surface area contributed by atoms with E-state index in [4.69, 9.17) is 5.73 Å². The normalized spacial score (nSPS) is 12.2. The van der Waals surface area contributed by atoms with Crippen LogP contribution < -0.4 is 11.1 Å². The molecule has 2 amide bonds. The summed E-state index contributed by atoms with van der Waals surface area (Å²) in [5.74, 6) is 0.545. The van der Waals surface area contributed by atoms with Gasteiger partial charge in [-0.2, -0.15) is 0 Å². The fourth-order valence-corrected chi connectivity index (χ4v) is 1.73. The summed E-state index contributed by atoms with van der Waals surface area (Å²) in [5.41, 5.74) is 6.93. The van der Waals surface area contributed by atoms with Crippen molar-refractivity contribution in [3.05, 3.63) is 35.4 Å². The molecule has 0 aliphatic rings. The first-order chi connectivity index (χ1) is 8.02. The Labute approximate surface area is 101 Å². The van der Waals surface area contributed by atoms with Gasteiger partial charge in [-0.1, -0.05) is 38.1 Å². The lowest BCUT2D eigenvalue weighted by Crippen LogP contribution is -2.33. The van der Waals surface area contributed by atoms with Gasteiger partial charge in [0.25, 0.3) is 0 Å². The van der Waals surface area contributed by atoms with Gasteiger partial charge in [0.2, 0.25) is 0 Å². The molecular weight excluding hydrogens is 216 g/mol. The van der Waals surface area contributed by atoms with Crippen LogP contribution in [0.4, 0.5) is 4.79 Å². The molecule has 3 N–H and O–H groups in total. The first-order valence-corrected chi connectivity index (χ1v) is 5.63. The molecule has 1 atom stereocenters. The molecule has 1 unspecified atom stereocenters. The van der Waals surface area contributed by atoms with Gasteiger partial charge in [0.15, 0.2) is 0 Å². The molecule has 1 aromatic rings. The molecule has 4 nitrogen and oxygen atoms in total. The van der Waals surface area contributed by atoms with Gasteiger partial charge in [-0.05, 0) is 23.5 Å². The summed E-state index contributed by atoms with van der Waals surface area (Å²) in [4.78, 5) is 21.7. The molecule has 0 aromatic heterocycles. The largest absolute Gasteiger partial charge is 0.352 e. The van der Waals surface area contributed by atoms with E-state index in [1.54, 1.807) is 6.07 Å². The van der Waals surface area contributed by atoms with E-state index in [1.807, 2.05) is 18.2 Å². The number of carbonyl (C=O) groups is 2. The van der Waals surface area contributed by atoms with E-state index >= 15 is 0 Å². The van der Waals surface area contributed by atoms with Crippen LogP contribution in [0.25, 0.3) is 0 Å². The highest BCUT2D eigenvalue weighted by atomic mass is 16.2. The van der Waals surface area contributed by atoms with Crippen LogP contribution in [-0.4, -0.2) is 12.3 Å². The van der Waals surface area contributed by atoms with E-state index < -0.39 is 12.1 Å². The zero-order valence-corrected chi connectivity index (χ0v) is 10.1. The molecule has 0 saturated carbocycles. The molecule has 1 aromatic carbocycles. The first kappa shape index (κ1) is 13.2. The highest BCUT2D eigenvalue weighted by Gasteiger charge is 2.12. The Morgan fingerprint density at radius 1 is 1.47 bits per heavy atom. The minimum Gasteiger partial charge on any atom is -0.352 e. The molecule has 17 heavy (non-hydrogen) atoms. The molecule has 0 fully saturated rings. The number of benzene rings is 1.